The zero-order chi connectivity index (χ0) is 14.6. The minimum Gasteiger partial charge on any atom is -0.265 e. The van der Waals surface area contributed by atoms with E-state index >= 15 is 0 Å². The topological polar surface area (TPSA) is 55.7 Å². The van der Waals surface area contributed by atoms with E-state index in [4.69, 9.17) is 0 Å². The number of nitrogens with zero attached hydrogens (tertiary/aromatic N) is 1. The molecule has 0 atom stereocenters. The molecule has 0 aliphatic carbocycles. The van der Waals surface area contributed by atoms with Crippen LogP contribution in [0.5, 0.6) is 0 Å². The van der Waals surface area contributed by atoms with Crippen LogP contribution in [-0.2, 0) is 14.4 Å². The number of hydrogen-bond donors (Lipinski definition) is 0. The molecule has 0 bridgehead atoms. The summed E-state index contributed by atoms with van der Waals surface area (Å²) in [6.45, 7) is 1.88. The zero-order valence-corrected chi connectivity index (χ0v) is 13.1. The van der Waals surface area contributed by atoms with E-state index in [0.717, 1.165) is 15.6 Å². The normalized spacial score (nSPS) is 11.7. The summed E-state index contributed by atoms with van der Waals surface area (Å²) in [6.07, 6.45) is 1.35. The average molecular weight is 354 g/mol. The molecule has 0 aliphatic heterocycles. The van der Waals surface area contributed by atoms with Gasteiger partial charge in [-0.1, -0.05) is 50.9 Å². The fraction of sp³-hybridized carbons (Fsp3) is 0.0714. The summed E-state index contributed by atoms with van der Waals surface area (Å²) in [7, 11) is -3.86. The van der Waals surface area contributed by atoms with Crippen LogP contribution in [0.4, 0.5) is 0 Å². The summed E-state index contributed by atoms with van der Waals surface area (Å²) in [5.74, 6) is 0. The van der Waals surface area contributed by atoms with Crippen LogP contribution >= 0.6 is 15.9 Å². The Morgan fingerprint density at radius 1 is 1.05 bits per heavy atom. The highest BCUT2D eigenvalue weighted by atomic mass is 79.9. The van der Waals surface area contributed by atoms with Crippen molar-refractivity contribution in [2.24, 2.45) is 5.16 Å². The van der Waals surface area contributed by atoms with Crippen molar-refractivity contribution in [3.63, 3.8) is 0 Å². The van der Waals surface area contributed by atoms with Crippen LogP contribution in [0.2, 0.25) is 0 Å². The van der Waals surface area contributed by atoms with Crippen molar-refractivity contribution < 1.29 is 12.7 Å². The summed E-state index contributed by atoms with van der Waals surface area (Å²) in [6, 6.07) is 13.6. The molecular formula is C14H12BrNO3S. The quantitative estimate of drug-likeness (QED) is 0.624. The predicted molar refractivity (Wildman–Crippen MR) is 81.2 cm³/mol. The minimum atomic E-state index is -3.86. The molecule has 2 aromatic carbocycles. The summed E-state index contributed by atoms with van der Waals surface area (Å²) in [5, 5.41) is 3.51. The van der Waals surface area contributed by atoms with E-state index in [0.29, 0.717) is 0 Å². The molecule has 0 amide bonds. The van der Waals surface area contributed by atoms with Gasteiger partial charge in [-0.3, -0.25) is 4.28 Å². The lowest BCUT2D eigenvalue weighted by Gasteiger charge is -2.01. The van der Waals surface area contributed by atoms with Crippen molar-refractivity contribution in [3.8, 4) is 0 Å². The number of aryl methyl sites for hydroxylation is 1. The Morgan fingerprint density at radius 2 is 1.65 bits per heavy atom. The van der Waals surface area contributed by atoms with Crippen LogP contribution in [0.25, 0.3) is 0 Å². The van der Waals surface area contributed by atoms with E-state index in [1.165, 1.54) is 18.3 Å². The number of halogens is 1. The van der Waals surface area contributed by atoms with Crippen LogP contribution in [0.1, 0.15) is 11.1 Å². The number of hydrogen-bond acceptors (Lipinski definition) is 4. The lowest BCUT2D eigenvalue weighted by atomic mass is 10.2. The van der Waals surface area contributed by atoms with E-state index in [1.807, 2.05) is 19.1 Å². The van der Waals surface area contributed by atoms with Crippen molar-refractivity contribution in [2.45, 2.75) is 11.8 Å². The highest BCUT2D eigenvalue weighted by Gasteiger charge is 2.14. The van der Waals surface area contributed by atoms with Crippen molar-refractivity contribution in [2.75, 3.05) is 0 Å². The van der Waals surface area contributed by atoms with Gasteiger partial charge in [0, 0.05) is 4.47 Å². The second-order valence-electron chi connectivity index (χ2n) is 4.13. The summed E-state index contributed by atoms with van der Waals surface area (Å²) in [4.78, 5) is 0.0797. The van der Waals surface area contributed by atoms with Crippen LogP contribution in [-0.4, -0.2) is 14.6 Å². The molecule has 0 N–H and O–H groups in total. The third-order valence-electron chi connectivity index (χ3n) is 2.52. The van der Waals surface area contributed by atoms with E-state index in [-0.39, 0.29) is 4.90 Å². The number of rotatable bonds is 4. The molecular weight excluding hydrogens is 342 g/mol. The summed E-state index contributed by atoms with van der Waals surface area (Å²) in [5.41, 5.74) is 1.72. The molecule has 2 aromatic rings. The Balaban J connectivity index is 2.09. The molecule has 4 nitrogen and oxygen atoms in total. The van der Waals surface area contributed by atoms with Gasteiger partial charge in [0.05, 0.1) is 6.21 Å². The Morgan fingerprint density at radius 3 is 2.25 bits per heavy atom. The SMILES string of the molecule is Cc1ccc(S(=O)(=O)ON=Cc2ccc(Br)cc2)cc1. The first-order valence-electron chi connectivity index (χ1n) is 5.77. The van der Waals surface area contributed by atoms with Crippen molar-refractivity contribution in [3.05, 3.63) is 64.1 Å². The minimum absolute atomic E-state index is 0.0797. The smallest absolute Gasteiger partial charge is 0.265 e. The molecule has 0 saturated carbocycles. The summed E-state index contributed by atoms with van der Waals surface area (Å²) >= 11 is 3.31. The highest BCUT2D eigenvalue weighted by molar-refractivity contribution is 9.10. The van der Waals surface area contributed by atoms with Crippen molar-refractivity contribution >= 4 is 32.3 Å². The third-order valence-corrected chi connectivity index (χ3v) is 4.18. The van der Waals surface area contributed by atoms with E-state index in [9.17, 15) is 8.42 Å². The first kappa shape index (κ1) is 14.7. The molecule has 0 saturated heterocycles. The molecule has 6 heteroatoms. The largest absolute Gasteiger partial charge is 0.358 e. The maximum atomic E-state index is 11.8. The Labute approximate surface area is 126 Å². The fourth-order valence-corrected chi connectivity index (χ4v) is 2.41. The van der Waals surface area contributed by atoms with Gasteiger partial charge in [-0.2, -0.15) is 8.42 Å². The number of oxime groups is 1. The Bertz CT molecular complexity index is 707. The molecule has 0 spiro atoms. The van der Waals surface area contributed by atoms with Gasteiger partial charge in [0.2, 0.25) is 0 Å². The summed E-state index contributed by atoms with van der Waals surface area (Å²) < 4.78 is 29.2. The van der Waals surface area contributed by atoms with Gasteiger partial charge >= 0.3 is 10.1 Å². The Kier molecular flexibility index (Phi) is 4.57. The lowest BCUT2D eigenvalue weighted by Crippen LogP contribution is -2.02. The van der Waals surface area contributed by atoms with E-state index in [2.05, 4.69) is 25.4 Å². The maximum absolute atomic E-state index is 11.8. The third kappa shape index (κ3) is 3.91. The van der Waals surface area contributed by atoms with Crippen LogP contribution < -0.4 is 0 Å². The molecule has 0 aliphatic rings. The van der Waals surface area contributed by atoms with Gasteiger partial charge in [0.25, 0.3) is 0 Å². The predicted octanol–water partition coefficient (Wildman–Crippen LogP) is 3.50. The molecule has 0 aromatic heterocycles. The highest BCUT2D eigenvalue weighted by Crippen LogP contribution is 2.14. The van der Waals surface area contributed by atoms with Gasteiger partial charge in [-0.15, -0.1) is 0 Å². The van der Waals surface area contributed by atoms with E-state index in [1.54, 1.807) is 24.3 Å². The van der Waals surface area contributed by atoms with Crippen LogP contribution in [0.15, 0.2) is 63.1 Å². The maximum Gasteiger partial charge on any atom is 0.358 e. The van der Waals surface area contributed by atoms with Crippen LogP contribution in [0, 0.1) is 6.92 Å². The monoisotopic (exact) mass is 353 g/mol. The molecule has 0 unspecified atom stereocenters. The van der Waals surface area contributed by atoms with Gasteiger partial charge in [0.15, 0.2) is 0 Å². The molecule has 104 valence electrons. The Hall–Kier alpha value is -1.66. The molecule has 0 fully saturated rings. The molecule has 2 rings (SSSR count). The molecule has 0 radical (unpaired) electrons. The van der Waals surface area contributed by atoms with Gasteiger partial charge < -0.3 is 0 Å². The molecule has 20 heavy (non-hydrogen) atoms. The zero-order valence-electron chi connectivity index (χ0n) is 10.7. The fourth-order valence-electron chi connectivity index (χ4n) is 1.44. The van der Waals surface area contributed by atoms with Crippen molar-refractivity contribution in [1.29, 1.82) is 0 Å². The van der Waals surface area contributed by atoms with E-state index < -0.39 is 10.1 Å². The second-order valence-corrected chi connectivity index (χ2v) is 6.57. The lowest BCUT2D eigenvalue weighted by molar-refractivity contribution is 0.341. The molecule has 0 heterocycles. The first-order valence-corrected chi connectivity index (χ1v) is 7.97. The first-order chi connectivity index (χ1) is 9.47. The second kappa shape index (κ2) is 6.19. The van der Waals surface area contributed by atoms with Gasteiger partial charge in [-0.25, -0.2) is 0 Å². The van der Waals surface area contributed by atoms with Gasteiger partial charge in [0.1, 0.15) is 4.90 Å². The standard InChI is InChI=1S/C14H12BrNO3S/c1-11-2-8-14(9-3-11)20(17,18)19-16-10-12-4-6-13(15)7-5-12/h2-10H,1H3. The van der Waals surface area contributed by atoms with Gasteiger partial charge in [-0.05, 0) is 36.8 Å². The average Bonchev–Trinajstić information content (AvgIpc) is 2.41. The van der Waals surface area contributed by atoms with Crippen molar-refractivity contribution in [1.82, 2.24) is 0 Å². The van der Waals surface area contributed by atoms with Crippen LogP contribution in [0.3, 0.4) is 0 Å². The number of benzene rings is 2.